The second-order valence-corrected chi connectivity index (χ2v) is 8.10. The standard InChI is InChI=1S/C29H28N2O/c1-4-30(5-2)24-16-17-25-26-18-21(3)27(20-29(26)32-28(25)19-24)31(22-12-8-6-9-13-22)23-14-10-7-11-15-23/h6-20H,4-5H2,1-3H3. The van der Waals surface area contributed by atoms with E-state index in [0.717, 1.165) is 52.1 Å². The first-order valence-corrected chi connectivity index (χ1v) is 11.3. The van der Waals surface area contributed by atoms with Gasteiger partial charge in [-0.2, -0.15) is 0 Å². The van der Waals surface area contributed by atoms with Crippen LogP contribution in [0.1, 0.15) is 19.4 Å². The van der Waals surface area contributed by atoms with Crippen molar-refractivity contribution < 1.29 is 4.42 Å². The van der Waals surface area contributed by atoms with E-state index >= 15 is 0 Å². The second-order valence-electron chi connectivity index (χ2n) is 8.10. The van der Waals surface area contributed by atoms with Crippen molar-refractivity contribution >= 4 is 44.7 Å². The molecule has 0 aliphatic rings. The molecule has 0 unspecified atom stereocenters. The number of rotatable bonds is 6. The van der Waals surface area contributed by atoms with Gasteiger partial charge in [-0.25, -0.2) is 0 Å². The third kappa shape index (κ3) is 3.50. The van der Waals surface area contributed by atoms with Crippen molar-refractivity contribution in [3.05, 3.63) is 96.6 Å². The molecule has 1 heterocycles. The molecule has 1 aromatic heterocycles. The molecule has 160 valence electrons. The van der Waals surface area contributed by atoms with Crippen molar-refractivity contribution in [2.75, 3.05) is 22.9 Å². The van der Waals surface area contributed by atoms with Gasteiger partial charge in [0.1, 0.15) is 11.2 Å². The quantitative estimate of drug-likeness (QED) is 0.276. The molecule has 0 bridgehead atoms. The first-order chi connectivity index (χ1) is 15.7. The number of hydrogen-bond donors (Lipinski definition) is 0. The molecule has 3 nitrogen and oxygen atoms in total. The van der Waals surface area contributed by atoms with Crippen molar-refractivity contribution in [2.24, 2.45) is 0 Å². The predicted molar refractivity (Wildman–Crippen MR) is 137 cm³/mol. The van der Waals surface area contributed by atoms with Gasteiger partial charge in [-0.15, -0.1) is 0 Å². The summed E-state index contributed by atoms with van der Waals surface area (Å²) in [6, 6.07) is 32.0. The van der Waals surface area contributed by atoms with Crippen LogP contribution in [0.3, 0.4) is 0 Å². The molecule has 0 aliphatic carbocycles. The number of nitrogens with zero attached hydrogens (tertiary/aromatic N) is 2. The molecule has 5 aromatic rings. The van der Waals surface area contributed by atoms with E-state index in [-0.39, 0.29) is 0 Å². The maximum atomic E-state index is 6.40. The fraction of sp³-hybridized carbons (Fsp3) is 0.172. The van der Waals surface area contributed by atoms with E-state index in [1.807, 2.05) is 0 Å². The van der Waals surface area contributed by atoms with Crippen LogP contribution in [0.4, 0.5) is 22.7 Å². The van der Waals surface area contributed by atoms with E-state index in [0.29, 0.717) is 0 Å². The SMILES string of the molecule is CCN(CC)c1ccc2c(c1)oc1cc(N(c3ccccc3)c3ccccc3)c(C)cc12. The largest absolute Gasteiger partial charge is 0.456 e. The lowest BCUT2D eigenvalue weighted by Gasteiger charge is -2.27. The Morgan fingerprint density at radius 3 is 1.81 bits per heavy atom. The Morgan fingerprint density at radius 1 is 0.625 bits per heavy atom. The van der Waals surface area contributed by atoms with Gasteiger partial charge in [0, 0.05) is 53.1 Å². The van der Waals surface area contributed by atoms with Gasteiger partial charge in [0.05, 0.1) is 5.69 Å². The van der Waals surface area contributed by atoms with E-state index in [9.17, 15) is 0 Å². The van der Waals surface area contributed by atoms with E-state index in [1.165, 1.54) is 11.3 Å². The summed E-state index contributed by atoms with van der Waals surface area (Å²) in [5.41, 5.74) is 7.63. The van der Waals surface area contributed by atoms with Crippen LogP contribution < -0.4 is 9.80 Å². The molecule has 0 N–H and O–H groups in total. The van der Waals surface area contributed by atoms with Gasteiger partial charge in [0.2, 0.25) is 0 Å². The Morgan fingerprint density at radius 2 is 1.22 bits per heavy atom. The van der Waals surface area contributed by atoms with E-state index in [2.05, 4.69) is 122 Å². The summed E-state index contributed by atoms with van der Waals surface area (Å²) in [6.45, 7) is 8.51. The lowest BCUT2D eigenvalue weighted by atomic mass is 10.1. The van der Waals surface area contributed by atoms with Crippen LogP contribution >= 0.6 is 0 Å². The number of anilines is 4. The number of fused-ring (bicyclic) bond motifs is 3. The Bertz CT molecular complexity index is 1310. The zero-order chi connectivity index (χ0) is 22.1. The van der Waals surface area contributed by atoms with Gasteiger partial charge in [-0.1, -0.05) is 36.4 Å². The second kappa shape index (κ2) is 8.43. The number of benzene rings is 4. The summed E-state index contributed by atoms with van der Waals surface area (Å²) in [5, 5.41) is 2.32. The highest BCUT2D eigenvalue weighted by Gasteiger charge is 2.18. The molecule has 0 aliphatic heterocycles. The Hall–Kier alpha value is -3.72. The highest BCUT2D eigenvalue weighted by Crippen LogP contribution is 2.40. The maximum Gasteiger partial charge on any atom is 0.137 e. The molecule has 5 rings (SSSR count). The lowest BCUT2D eigenvalue weighted by molar-refractivity contribution is 0.668. The van der Waals surface area contributed by atoms with Crippen molar-refractivity contribution in [1.29, 1.82) is 0 Å². The fourth-order valence-electron chi connectivity index (χ4n) is 4.52. The van der Waals surface area contributed by atoms with E-state index in [1.54, 1.807) is 0 Å². The highest BCUT2D eigenvalue weighted by molar-refractivity contribution is 6.07. The van der Waals surface area contributed by atoms with Gasteiger partial charge in [0.25, 0.3) is 0 Å². The van der Waals surface area contributed by atoms with Crippen LogP contribution in [0.15, 0.2) is 95.4 Å². The van der Waals surface area contributed by atoms with Crippen LogP contribution in [0.5, 0.6) is 0 Å². The van der Waals surface area contributed by atoms with Gasteiger partial charge >= 0.3 is 0 Å². The zero-order valence-electron chi connectivity index (χ0n) is 18.9. The van der Waals surface area contributed by atoms with Gasteiger partial charge in [-0.05, 0) is 68.8 Å². The van der Waals surface area contributed by atoms with Gasteiger partial charge in [-0.3, -0.25) is 0 Å². The summed E-state index contributed by atoms with van der Waals surface area (Å²) < 4.78 is 6.40. The summed E-state index contributed by atoms with van der Waals surface area (Å²) in [5.74, 6) is 0. The first kappa shape index (κ1) is 20.2. The molecule has 4 aromatic carbocycles. The van der Waals surface area contributed by atoms with Crippen molar-refractivity contribution in [1.82, 2.24) is 0 Å². The summed E-state index contributed by atoms with van der Waals surface area (Å²) in [4.78, 5) is 4.64. The number of para-hydroxylation sites is 2. The van der Waals surface area contributed by atoms with Crippen LogP contribution in [-0.2, 0) is 0 Å². The normalized spacial score (nSPS) is 11.2. The molecule has 32 heavy (non-hydrogen) atoms. The summed E-state index contributed by atoms with van der Waals surface area (Å²) in [6.07, 6.45) is 0. The monoisotopic (exact) mass is 420 g/mol. The molecule has 0 fully saturated rings. The van der Waals surface area contributed by atoms with E-state index < -0.39 is 0 Å². The van der Waals surface area contributed by atoms with Crippen LogP contribution in [0, 0.1) is 6.92 Å². The molecular formula is C29H28N2O. The molecule has 0 amide bonds. The van der Waals surface area contributed by atoms with Crippen LogP contribution in [0.2, 0.25) is 0 Å². The molecule has 0 spiro atoms. The Kier molecular flexibility index (Phi) is 5.32. The Balaban J connectivity index is 1.69. The highest BCUT2D eigenvalue weighted by atomic mass is 16.3. The maximum absolute atomic E-state index is 6.40. The molecule has 0 saturated heterocycles. The van der Waals surface area contributed by atoms with Crippen molar-refractivity contribution in [3.8, 4) is 0 Å². The number of hydrogen-bond acceptors (Lipinski definition) is 3. The molecular weight excluding hydrogens is 392 g/mol. The summed E-state index contributed by atoms with van der Waals surface area (Å²) in [7, 11) is 0. The van der Waals surface area contributed by atoms with Gasteiger partial charge in [0.15, 0.2) is 0 Å². The fourth-order valence-corrected chi connectivity index (χ4v) is 4.52. The minimum atomic E-state index is 0.911. The number of aryl methyl sites for hydroxylation is 1. The van der Waals surface area contributed by atoms with Crippen LogP contribution in [0.25, 0.3) is 21.9 Å². The average molecular weight is 421 g/mol. The molecule has 0 saturated carbocycles. The van der Waals surface area contributed by atoms with Gasteiger partial charge < -0.3 is 14.2 Å². The molecule has 3 heteroatoms. The minimum absolute atomic E-state index is 0.911. The van der Waals surface area contributed by atoms with E-state index in [4.69, 9.17) is 4.42 Å². The average Bonchev–Trinajstić information content (AvgIpc) is 3.18. The molecule has 0 radical (unpaired) electrons. The summed E-state index contributed by atoms with van der Waals surface area (Å²) >= 11 is 0. The lowest BCUT2D eigenvalue weighted by Crippen LogP contribution is -2.21. The molecule has 0 atom stereocenters. The topological polar surface area (TPSA) is 19.6 Å². The predicted octanol–water partition coefficient (Wildman–Crippen LogP) is 8.21. The Labute approximate surface area is 189 Å². The van der Waals surface area contributed by atoms with Crippen LogP contribution in [-0.4, -0.2) is 13.1 Å². The van der Waals surface area contributed by atoms with Crippen molar-refractivity contribution in [2.45, 2.75) is 20.8 Å². The third-order valence-corrected chi connectivity index (χ3v) is 6.17. The van der Waals surface area contributed by atoms with Crippen molar-refractivity contribution in [3.63, 3.8) is 0 Å². The third-order valence-electron chi connectivity index (χ3n) is 6.17. The minimum Gasteiger partial charge on any atom is -0.456 e. The first-order valence-electron chi connectivity index (χ1n) is 11.3. The zero-order valence-corrected chi connectivity index (χ0v) is 18.9. The number of furan rings is 1. The smallest absolute Gasteiger partial charge is 0.137 e.